The number of rotatable bonds is 7. The summed E-state index contributed by atoms with van der Waals surface area (Å²) in [6.07, 6.45) is 0. The molecule has 11 heteroatoms. The molecule has 3 aromatic rings. The van der Waals surface area contributed by atoms with E-state index in [0.717, 1.165) is 16.6 Å². The van der Waals surface area contributed by atoms with Crippen LogP contribution >= 0.6 is 15.9 Å². The maximum absolute atomic E-state index is 12.6. The molecule has 0 bridgehead atoms. The molecule has 0 aliphatic carbocycles. The molecule has 158 valence electrons. The topological polar surface area (TPSA) is 137 Å². The maximum atomic E-state index is 12.6. The Morgan fingerprint density at radius 1 is 0.903 bits per heavy atom. The zero-order valence-electron chi connectivity index (χ0n) is 16.0. The van der Waals surface area contributed by atoms with Crippen LogP contribution in [0.15, 0.2) is 65.1 Å². The highest BCUT2D eigenvalue weighted by Crippen LogP contribution is 2.38. The molecule has 3 aromatic carbocycles. The number of nitro benzene ring substituents is 2. The number of hydrogen-bond donors (Lipinski definition) is 2. The number of carbonyl (C=O) groups is 1. The van der Waals surface area contributed by atoms with Crippen LogP contribution in [0.2, 0.25) is 0 Å². The van der Waals surface area contributed by atoms with Crippen molar-refractivity contribution in [1.82, 2.24) is 0 Å². The van der Waals surface area contributed by atoms with E-state index >= 15 is 0 Å². The van der Waals surface area contributed by atoms with Crippen molar-refractivity contribution in [3.63, 3.8) is 0 Å². The Morgan fingerprint density at radius 2 is 1.42 bits per heavy atom. The lowest BCUT2D eigenvalue weighted by Crippen LogP contribution is -2.13. The van der Waals surface area contributed by atoms with Crippen LogP contribution in [0.1, 0.15) is 10.4 Å². The van der Waals surface area contributed by atoms with Crippen LogP contribution in [0, 0.1) is 20.2 Å². The van der Waals surface area contributed by atoms with Crippen molar-refractivity contribution in [3.8, 4) is 5.75 Å². The van der Waals surface area contributed by atoms with Crippen molar-refractivity contribution in [2.45, 2.75) is 0 Å². The third-order valence-corrected chi connectivity index (χ3v) is 4.74. The Labute approximate surface area is 184 Å². The molecule has 0 aliphatic heterocycles. The van der Waals surface area contributed by atoms with Crippen LogP contribution in [-0.2, 0) is 0 Å². The van der Waals surface area contributed by atoms with Crippen LogP contribution in [0.25, 0.3) is 0 Å². The van der Waals surface area contributed by atoms with Gasteiger partial charge in [-0.15, -0.1) is 0 Å². The van der Waals surface area contributed by atoms with Gasteiger partial charge in [-0.05, 0) is 48.5 Å². The molecule has 0 fully saturated rings. The summed E-state index contributed by atoms with van der Waals surface area (Å²) in [4.78, 5) is 34.3. The number of nitro groups is 2. The number of hydrogen-bond acceptors (Lipinski definition) is 7. The first-order chi connectivity index (χ1) is 14.8. The normalized spacial score (nSPS) is 10.3. The summed E-state index contributed by atoms with van der Waals surface area (Å²) in [6, 6.07) is 14.9. The molecular formula is C20H15BrN4O6. The zero-order chi connectivity index (χ0) is 22.5. The number of methoxy groups -OCH3 is 1. The van der Waals surface area contributed by atoms with E-state index in [4.69, 9.17) is 4.74 Å². The lowest BCUT2D eigenvalue weighted by Gasteiger charge is -2.11. The first kappa shape index (κ1) is 21.7. The third kappa shape index (κ3) is 5.14. The molecule has 1 amide bonds. The molecule has 2 N–H and O–H groups in total. The summed E-state index contributed by atoms with van der Waals surface area (Å²) in [6.45, 7) is 0. The Morgan fingerprint density at radius 3 is 1.90 bits per heavy atom. The average Bonchev–Trinajstić information content (AvgIpc) is 2.75. The lowest BCUT2D eigenvalue weighted by atomic mass is 10.1. The number of halogens is 1. The molecule has 3 rings (SSSR count). The van der Waals surface area contributed by atoms with Gasteiger partial charge in [0, 0.05) is 28.0 Å². The van der Waals surface area contributed by atoms with Crippen molar-refractivity contribution in [2.24, 2.45) is 0 Å². The van der Waals surface area contributed by atoms with E-state index in [1.54, 1.807) is 48.5 Å². The number of ether oxygens (including phenoxy) is 1. The standard InChI is InChI=1S/C20H15BrN4O6/c1-31-16-8-6-14(7-9-16)22-19-17(24(27)28)10-12(11-18(19)25(29)30)20(26)23-15-4-2-13(21)3-5-15/h2-11,22H,1H3,(H,23,26). The van der Waals surface area contributed by atoms with Gasteiger partial charge in [-0.3, -0.25) is 25.0 Å². The first-order valence-corrected chi connectivity index (χ1v) is 9.52. The van der Waals surface area contributed by atoms with E-state index < -0.39 is 27.1 Å². The summed E-state index contributed by atoms with van der Waals surface area (Å²) in [5.41, 5.74) is -0.961. The minimum absolute atomic E-state index is 0.221. The van der Waals surface area contributed by atoms with Gasteiger partial charge < -0.3 is 15.4 Å². The van der Waals surface area contributed by atoms with Crippen molar-refractivity contribution >= 4 is 50.3 Å². The minimum Gasteiger partial charge on any atom is -0.497 e. The van der Waals surface area contributed by atoms with E-state index in [1.165, 1.54) is 7.11 Å². The third-order valence-electron chi connectivity index (χ3n) is 4.21. The van der Waals surface area contributed by atoms with E-state index in [9.17, 15) is 25.0 Å². The molecule has 10 nitrogen and oxygen atoms in total. The van der Waals surface area contributed by atoms with Gasteiger partial charge >= 0.3 is 11.4 Å². The van der Waals surface area contributed by atoms with Gasteiger partial charge in [0.05, 0.1) is 22.5 Å². The molecule has 0 radical (unpaired) electrons. The van der Waals surface area contributed by atoms with E-state index in [2.05, 4.69) is 26.6 Å². The van der Waals surface area contributed by atoms with Gasteiger partial charge in [0.25, 0.3) is 5.91 Å². The van der Waals surface area contributed by atoms with Crippen LogP contribution < -0.4 is 15.4 Å². The highest BCUT2D eigenvalue weighted by atomic mass is 79.9. The fourth-order valence-corrected chi connectivity index (χ4v) is 2.98. The fraction of sp³-hybridized carbons (Fsp3) is 0.0500. The fourth-order valence-electron chi connectivity index (χ4n) is 2.71. The van der Waals surface area contributed by atoms with Gasteiger partial charge in [-0.25, -0.2) is 0 Å². The van der Waals surface area contributed by atoms with Gasteiger partial charge in [0.15, 0.2) is 5.69 Å². The van der Waals surface area contributed by atoms with Gasteiger partial charge in [-0.2, -0.15) is 0 Å². The molecule has 0 spiro atoms. The van der Waals surface area contributed by atoms with Gasteiger partial charge in [-0.1, -0.05) is 15.9 Å². The van der Waals surface area contributed by atoms with Gasteiger partial charge in [0.1, 0.15) is 5.75 Å². The first-order valence-electron chi connectivity index (χ1n) is 8.73. The molecule has 0 unspecified atom stereocenters. The number of carbonyl (C=O) groups excluding carboxylic acids is 1. The molecule has 0 aromatic heterocycles. The number of nitrogens with one attached hydrogen (secondary N) is 2. The SMILES string of the molecule is COc1ccc(Nc2c([N+](=O)[O-])cc(C(=O)Nc3ccc(Br)cc3)cc2[N+](=O)[O-])cc1. The predicted molar refractivity (Wildman–Crippen MR) is 118 cm³/mol. The highest BCUT2D eigenvalue weighted by Gasteiger charge is 2.29. The molecule has 0 atom stereocenters. The number of nitrogens with zero attached hydrogens (tertiary/aromatic N) is 2. The Balaban J connectivity index is 2.00. The zero-order valence-corrected chi connectivity index (χ0v) is 17.6. The monoisotopic (exact) mass is 486 g/mol. The quantitative estimate of drug-likeness (QED) is 0.342. The minimum atomic E-state index is -0.782. The van der Waals surface area contributed by atoms with Crippen LogP contribution in [0.5, 0.6) is 5.75 Å². The summed E-state index contributed by atoms with van der Waals surface area (Å²) >= 11 is 3.27. The Kier molecular flexibility index (Phi) is 6.46. The molecule has 0 saturated heterocycles. The smallest absolute Gasteiger partial charge is 0.300 e. The highest BCUT2D eigenvalue weighted by molar-refractivity contribution is 9.10. The summed E-state index contributed by atoms with van der Waals surface area (Å²) in [5.74, 6) is -0.168. The largest absolute Gasteiger partial charge is 0.497 e. The lowest BCUT2D eigenvalue weighted by molar-refractivity contribution is -0.392. The average molecular weight is 487 g/mol. The summed E-state index contributed by atoms with van der Waals surface area (Å²) in [7, 11) is 1.48. The second kappa shape index (κ2) is 9.22. The van der Waals surface area contributed by atoms with Crippen molar-refractivity contribution in [1.29, 1.82) is 0 Å². The van der Waals surface area contributed by atoms with E-state index in [0.29, 0.717) is 17.1 Å². The van der Waals surface area contributed by atoms with E-state index in [1.807, 2.05) is 0 Å². The Hall–Kier alpha value is -3.99. The summed E-state index contributed by atoms with van der Waals surface area (Å²) in [5, 5.41) is 28.5. The molecule has 31 heavy (non-hydrogen) atoms. The molecule has 0 aliphatic rings. The van der Waals surface area contributed by atoms with Crippen molar-refractivity contribution in [3.05, 3.63) is 90.9 Å². The summed E-state index contributed by atoms with van der Waals surface area (Å²) < 4.78 is 5.85. The van der Waals surface area contributed by atoms with Crippen molar-refractivity contribution < 1.29 is 19.4 Å². The Bertz CT molecular complexity index is 1110. The van der Waals surface area contributed by atoms with Gasteiger partial charge in [0.2, 0.25) is 0 Å². The van der Waals surface area contributed by atoms with Crippen LogP contribution in [-0.4, -0.2) is 22.9 Å². The second-order valence-electron chi connectivity index (χ2n) is 6.22. The van der Waals surface area contributed by atoms with E-state index in [-0.39, 0.29) is 11.3 Å². The number of anilines is 3. The number of benzene rings is 3. The molecule has 0 heterocycles. The number of amides is 1. The second-order valence-corrected chi connectivity index (χ2v) is 7.13. The molecular weight excluding hydrogens is 472 g/mol. The maximum Gasteiger partial charge on any atom is 0.300 e. The van der Waals surface area contributed by atoms with Crippen molar-refractivity contribution in [2.75, 3.05) is 17.7 Å². The molecule has 0 saturated carbocycles. The van der Waals surface area contributed by atoms with Crippen LogP contribution in [0.4, 0.5) is 28.4 Å². The predicted octanol–water partition coefficient (Wildman–Crippen LogP) is 5.27. The van der Waals surface area contributed by atoms with Crippen LogP contribution in [0.3, 0.4) is 0 Å².